The summed E-state index contributed by atoms with van der Waals surface area (Å²) >= 11 is 0. The predicted molar refractivity (Wildman–Crippen MR) is 42.6 cm³/mol. The third-order valence-electron chi connectivity index (χ3n) is 1.12. The minimum Gasteiger partial charge on any atom is -0.481 e. The van der Waals surface area contributed by atoms with E-state index in [0.717, 1.165) is 0 Å². The second-order valence-corrected chi connectivity index (χ2v) is 1.94. The molecule has 0 aromatic rings. The lowest BCUT2D eigenvalue weighted by Gasteiger charge is -2.02. The van der Waals surface area contributed by atoms with Crippen molar-refractivity contribution in [3.63, 3.8) is 0 Å². The quantitative estimate of drug-likeness (QED) is 0.351. The molecule has 4 heteroatoms. The lowest BCUT2D eigenvalue weighted by atomic mass is 10.2. The number of methoxy groups -OCH3 is 1. The van der Waals surface area contributed by atoms with Gasteiger partial charge in [0.15, 0.2) is 5.78 Å². The molecule has 11 heavy (non-hydrogen) atoms. The number of nitrogens with one attached hydrogen (secondary N) is 2. The first-order valence-electron chi connectivity index (χ1n) is 3.14. The van der Waals surface area contributed by atoms with Gasteiger partial charge < -0.3 is 10.1 Å². The van der Waals surface area contributed by atoms with Crippen molar-refractivity contribution < 1.29 is 9.53 Å². The van der Waals surface area contributed by atoms with Crippen molar-refractivity contribution in [3.8, 4) is 0 Å². The van der Waals surface area contributed by atoms with Crippen LogP contribution in [0.25, 0.3) is 0 Å². The Morgan fingerprint density at radius 3 is 2.45 bits per heavy atom. The maximum Gasteiger partial charge on any atom is 0.218 e. The van der Waals surface area contributed by atoms with Gasteiger partial charge in [0.05, 0.1) is 12.7 Å². The molecule has 0 atom stereocenters. The predicted octanol–water partition coefficient (Wildman–Crippen LogP) is 0.302. The van der Waals surface area contributed by atoms with Crippen molar-refractivity contribution >= 4 is 11.7 Å². The van der Waals surface area contributed by atoms with Gasteiger partial charge in [0, 0.05) is 13.2 Å². The summed E-state index contributed by atoms with van der Waals surface area (Å²) in [5.74, 6) is -0.307. The monoisotopic (exact) mass is 156 g/mol. The van der Waals surface area contributed by atoms with Gasteiger partial charge in [-0.2, -0.15) is 0 Å². The van der Waals surface area contributed by atoms with Gasteiger partial charge in [-0.05, 0) is 6.92 Å². The molecule has 0 aliphatic rings. The molecule has 0 saturated carbocycles. The second kappa shape index (κ2) is 4.49. The highest BCUT2D eigenvalue weighted by Gasteiger charge is 2.09. The van der Waals surface area contributed by atoms with E-state index in [4.69, 9.17) is 5.41 Å². The van der Waals surface area contributed by atoms with Crippen LogP contribution in [0.4, 0.5) is 0 Å². The van der Waals surface area contributed by atoms with Crippen LogP contribution >= 0.6 is 0 Å². The maximum atomic E-state index is 10.8. The van der Waals surface area contributed by atoms with E-state index in [1.807, 2.05) is 0 Å². The minimum atomic E-state index is -0.189. The van der Waals surface area contributed by atoms with Crippen LogP contribution in [0.2, 0.25) is 0 Å². The summed E-state index contributed by atoms with van der Waals surface area (Å²) in [4.78, 5) is 10.8. The summed E-state index contributed by atoms with van der Waals surface area (Å²) in [6, 6.07) is 0. The fourth-order valence-corrected chi connectivity index (χ4v) is 0.581. The van der Waals surface area contributed by atoms with E-state index < -0.39 is 0 Å². The van der Waals surface area contributed by atoms with E-state index in [1.165, 1.54) is 20.2 Å². The van der Waals surface area contributed by atoms with Gasteiger partial charge in [0.1, 0.15) is 0 Å². The van der Waals surface area contributed by atoms with Crippen LogP contribution in [0.3, 0.4) is 0 Å². The summed E-state index contributed by atoms with van der Waals surface area (Å²) in [7, 11) is 3.01. The molecule has 0 aromatic carbocycles. The highest BCUT2D eigenvalue weighted by molar-refractivity contribution is 6.17. The van der Waals surface area contributed by atoms with Crippen molar-refractivity contribution in [2.45, 2.75) is 6.92 Å². The molecule has 0 aliphatic heterocycles. The Hall–Kier alpha value is -1.32. The number of ether oxygens (including phenoxy) is 1. The second-order valence-electron chi connectivity index (χ2n) is 1.94. The molecule has 0 heterocycles. The van der Waals surface area contributed by atoms with Crippen molar-refractivity contribution in [2.24, 2.45) is 0 Å². The first-order chi connectivity index (χ1) is 5.13. The van der Waals surface area contributed by atoms with Crippen LogP contribution in [0.5, 0.6) is 0 Å². The molecular weight excluding hydrogens is 144 g/mol. The van der Waals surface area contributed by atoms with E-state index in [9.17, 15) is 4.79 Å². The summed E-state index contributed by atoms with van der Waals surface area (Å²) < 4.78 is 4.58. The fourth-order valence-electron chi connectivity index (χ4n) is 0.581. The third kappa shape index (κ3) is 2.84. The van der Waals surface area contributed by atoms with Crippen molar-refractivity contribution in [1.82, 2.24) is 5.32 Å². The number of carbonyl (C=O) groups excluding carboxylic acids is 1. The molecule has 0 fully saturated rings. The van der Waals surface area contributed by atoms with E-state index in [-0.39, 0.29) is 17.3 Å². The topological polar surface area (TPSA) is 62.2 Å². The highest BCUT2D eigenvalue weighted by atomic mass is 16.5. The van der Waals surface area contributed by atoms with Crippen LogP contribution < -0.4 is 5.32 Å². The molecule has 0 bridgehead atoms. The number of hydrogen-bond acceptors (Lipinski definition) is 4. The van der Waals surface area contributed by atoms with Crippen LogP contribution in [-0.2, 0) is 9.53 Å². The van der Waals surface area contributed by atoms with Gasteiger partial charge in [-0.1, -0.05) is 0 Å². The molecule has 2 N–H and O–H groups in total. The van der Waals surface area contributed by atoms with Gasteiger partial charge in [-0.3, -0.25) is 10.2 Å². The zero-order valence-corrected chi connectivity index (χ0v) is 6.89. The lowest BCUT2D eigenvalue weighted by Crippen LogP contribution is -2.13. The smallest absolute Gasteiger partial charge is 0.218 e. The molecule has 62 valence electrons. The van der Waals surface area contributed by atoms with E-state index in [0.29, 0.717) is 0 Å². The van der Waals surface area contributed by atoms with Gasteiger partial charge in [0.2, 0.25) is 5.90 Å². The highest BCUT2D eigenvalue weighted by Crippen LogP contribution is 1.97. The average molecular weight is 156 g/mol. The third-order valence-corrected chi connectivity index (χ3v) is 1.12. The van der Waals surface area contributed by atoms with Gasteiger partial charge in [-0.15, -0.1) is 0 Å². The van der Waals surface area contributed by atoms with Crippen LogP contribution in [0, 0.1) is 5.41 Å². The largest absolute Gasteiger partial charge is 0.481 e. The number of Topliss-reactive ketones (excluding diaryl/α,β-unsaturated/α-hetero) is 1. The molecule has 0 saturated heterocycles. The molecule has 0 unspecified atom stereocenters. The first kappa shape index (κ1) is 9.68. The average Bonchev–Trinajstić information content (AvgIpc) is 1.98. The fraction of sp³-hybridized carbons (Fsp3) is 0.429. The summed E-state index contributed by atoms with van der Waals surface area (Å²) in [5.41, 5.74) is 0.245. The van der Waals surface area contributed by atoms with Gasteiger partial charge >= 0.3 is 0 Å². The SMILES string of the molecule is CN/C=C(\C(=N)OC)C(C)=O. The Labute approximate surface area is 65.7 Å². The Balaban J connectivity index is 4.48. The van der Waals surface area contributed by atoms with Crippen LogP contribution in [0.1, 0.15) is 6.92 Å². The van der Waals surface area contributed by atoms with E-state index in [1.54, 1.807) is 7.05 Å². The molecule has 0 radical (unpaired) electrons. The number of ketones is 1. The maximum absolute atomic E-state index is 10.8. The van der Waals surface area contributed by atoms with Gasteiger partial charge in [-0.25, -0.2) is 0 Å². The zero-order valence-electron chi connectivity index (χ0n) is 6.89. The standard InChI is InChI=1S/C7H12N2O2/c1-5(10)6(4-9-2)7(8)11-3/h4,8-9H,1-3H3/b6-4-,8-7?. The summed E-state index contributed by atoms with van der Waals surface area (Å²) in [6.45, 7) is 1.39. The normalized spacial score (nSPS) is 10.6. The molecule has 0 aliphatic carbocycles. The lowest BCUT2D eigenvalue weighted by molar-refractivity contribution is -0.113. The number of hydrogen-bond donors (Lipinski definition) is 2. The molecule has 0 rings (SSSR count). The van der Waals surface area contributed by atoms with Crippen LogP contribution in [-0.4, -0.2) is 25.8 Å². The van der Waals surface area contributed by atoms with Crippen molar-refractivity contribution in [3.05, 3.63) is 11.8 Å². The van der Waals surface area contributed by atoms with Crippen LogP contribution in [0.15, 0.2) is 11.8 Å². The molecule has 0 spiro atoms. The molecular formula is C7H12N2O2. The molecule has 0 aromatic heterocycles. The zero-order chi connectivity index (χ0) is 8.85. The molecule has 0 amide bonds. The Morgan fingerprint density at radius 1 is 1.64 bits per heavy atom. The Kier molecular flexibility index (Phi) is 3.95. The summed E-state index contributed by atoms with van der Waals surface area (Å²) in [5, 5.41) is 9.84. The Morgan fingerprint density at radius 2 is 2.18 bits per heavy atom. The Bertz CT molecular complexity index is 197. The van der Waals surface area contributed by atoms with E-state index >= 15 is 0 Å². The number of rotatable bonds is 3. The van der Waals surface area contributed by atoms with Crippen molar-refractivity contribution in [2.75, 3.05) is 14.2 Å². The van der Waals surface area contributed by atoms with E-state index in [2.05, 4.69) is 10.1 Å². The summed E-state index contributed by atoms with van der Waals surface area (Å²) in [6.07, 6.45) is 1.44. The minimum absolute atomic E-state index is 0.119. The number of carbonyl (C=O) groups is 1. The van der Waals surface area contributed by atoms with Crippen molar-refractivity contribution in [1.29, 1.82) is 5.41 Å². The van der Waals surface area contributed by atoms with Gasteiger partial charge in [0.25, 0.3) is 0 Å². The molecule has 4 nitrogen and oxygen atoms in total. The first-order valence-corrected chi connectivity index (χ1v) is 3.14.